The first-order valence-electron chi connectivity index (χ1n) is 7.15. The summed E-state index contributed by atoms with van der Waals surface area (Å²) in [5.74, 6) is 1.60. The number of halogens is 1. The Labute approximate surface area is 129 Å². The molecule has 0 amide bonds. The molecule has 4 nitrogen and oxygen atoms in total. The van der Waals surface area contributed by atoms with Crippen molar-refractivity contribution < 1.29 is 4.39 Å². The molecule has 1 aromatic carbocycles. The lowest BCUT2D eigenvalue weighted by molar-refractivity contribution is 0.528. The van der Waals surface area contributed by atoms with Crippen LogP contribution in [-0.4, -0.2) is 33.6 Å². The Bertz CT molecular complexity index is 558. The topological polar surface area (TPSA) is 42.7 Å². The quantitative estimate of drug-likeness (QED) is 0.762. The number of aryl methyl sites for hydroxylation is 1. The minimum absolute atomic E-state index is 0.161. The summed E-state index contributed by atoms with van der Waals surface area (Å²) in [6, 6.07) is 7.11. The molecule has 0 fully saturated rings. The van der Waals surface area contributed by atoms with Crippen molar-refractivity contribution in [1.29, 1.82) is 0 Å². The average molecular weight is 308 g/mol. The van der Waals surface area contributed by atoms with Crippen LogP contribution in [0.15, 0.2) is 35.5 Å². The van der Waals surface area contributed by atoms with Crippen LogP contribution in [0.25, 0.3) is 0 Å². The molecule has 0 aliphatic heterocycles. The Kier molecular flexibility index (Phi) is 6.20. The van der Waals surface area contributed by atoms with E-state index in [2.05, 4.69) is 22.3 Å². The first-order chi connectivity index (χ1) is 10.2. The Morgan fingerprint density at radius 2 is 2.19 bits per heavy atom. The molecule has 0 saturated heterocycles. The van der Waals surface area contributed by atoms with Gasteiger partial charge in [-0.15, -0.1) is 11.8 Å². The van der Waals surface area contributed by atoms with Gasteiger partial charge in [0.2, 0.25) is 0 Å². The molecule has 2 rings (SSSR count). The molecule has 1 aromatic heterocycles. The third-order valence-corrected chi connectivity index (χ3v) is 4.46. The summed E-state index contributed by atoms with van der Waals surface area (Å²) < 4.78 is 15.6. The van der Waals surface area contributed by atoms with Crippen LogP contribution in [0.4, 0.5) is 4.39 Å². The predicted octanol–water partition coefficient (Wildman–Crippen LogP) is 2.75. The van der Waals surface area contributed by atoms with Crippen molar-refractivity contribution in [2.75, 3.05) is 12.8 Å². The number of benzene rings is 1. The maximum atomic E-state index is 13.6. The zero-order valence-electron chi connectivity index (χ0n) is 12.4. The fraction of sp³-hybridized carbons (Fsp3) is 0.467. The van der Waals surface area contributed by atoms with Crippen molar-refractivity contribution in [3.05, 3.63) is 42.2 Å². The largest absolute Gasteiger partial charge is 0.316 e. The average Bonchev–Trinajstić information content (AvgIpc) is 2.92. The van der Waals surface area contributed by atoms with E-state index in [0.29, 0.717) is 4.90 Å². The van der Waals surface area contributed by atoms with Gasteiger partial charge >= 0.3 is 0 Å². The second-order valence-corrected chi connectivity index (χ2v) is 5.89. The lowest BCUT2D eigenvalue weighted by Gasteiger charge is -2.16. The van der Waals surface area contributed by atoms with Crippen molar-refractivity contribution in [2.45, 2.75) is 37.2 Å². The van der Waals surface area contributed by atoms with E-state index in [1.807, 2.05) is 23.9 Å². The zero-order valence-corrected chi connectivity index (χ0v) is 13.2. The van der Waals surface area contributed by atoms with E-state index in [4.69, 9.17) is 0 Å². The van der Waals surface area contributed by atoms with Gasteiger partial charge in [0.25, 0.3) is 0 Å². The highest BCUT2D eigenvalue weighted by molar-refractivity contribution is 7.99. The number of nitrogens with zero attached hydrogens (tertiary/aromatic N) is 3. The van der Waals surface area contributed by atoms with E-state index >= 15 is 0 Å². The van der Waals surface area contributed by atoms with E-state index in [1.165, 1.54) is 17.8 Å². The lowest BCUT2D eigenvalue weighted by atomic mass is 10.2. The van der Waals surface area contributed by atoms with E-state index in [0.717, 1.165) is 31.0 Å². The normalized spacial score (nSPS) is 12.5. The van der Waals surface area contributed by atoms with E-state index < -0.39 is 0 Å². The van der Waals surface area contributed by atoms with Gasteiger partial charge < -0.3 is 5.32 Å². The van der Waals surface area contributed by atoms with Crippen LogP contribution in [-0.2, 0) is 13.0 Å². The van der Waals surface area contributed by atoms with Gasteiger partial charge in [-0.1, -0.05) is 19.1 Å². The molecule has 21 heavy (non-hydrogen) atoms. The summed E-state index contributed by atoms with van der Waals surface area (Å²) in [4.78, 5) is 5.01. The number of aromatic nitrogens is 3. The number of nitrogens with one attached hydrogen (secondary N) is 1. The highest BCUT2D eigenvalue weighted by atomic mass is 32.2. The lowest BCUT2D eigenvalue weighted by Crippen LogP contribution is -2.31. The van der Waals surface area contributed by atoms with Crippen molar-refractivity contribution in [2.24, 2.45) is 0 Å². The standard InChI is InChI=1S/C15H21FN4S/c1-3-8-20-15(18-11-19-20)9-12(17-2)10-21-14-7-5-4-6-13(14)16/h4-7,11-12,17H,3,8-10H2,1-2H3. The van der Waals surface area contributed by atoms with Gasteiger partial charge in [0.1, 0.15) is 18.0 Å². The third kappa shape index (κ3) is 4.54. The van der Waals surface area contributed by atoms with Crippen molar-refractivity contribution in [1.82, 2.24) is 20.1 Å². The van der Waals surface area contributed by atoms with Crippen LogP contribution in [0.2, 0.25) is 0 Å². The van der Waals surface area contributed by atoms with Crippen LogP contribution in [0.5, 0.6) is 0 Å². The molecule has 1 atom stereocenters. The van der Waals surface area contributed by atoms with Gasteiger partial charge in [-0.3, -0.25) is 4.68 Å². The molecule has 0 aliphatic rings. The highest BCUT2D eigenvalue weighted by Gasteiger charge is 2.13. The van der Waals surface area contributed by atoms with E-state index in [9.17, 15) is 4.39 Å². The molecule has 1 N–H and O–H groups in total. The van der Waals surface area contributed by atoms with Crippen LogP contribution in [0.3, 0.4) is 0 Å². The fourth-order valence-electron chi connectivity index (χ4n) is 2.06. The van der Waals surface area contributed by atoms with Gasteiger partial charge in [-0.05, 0) is 25.6 Å². The van der Waals surface area contributed by atoms with Crippen LogP contribution in [0, 0.1) is 5.82 Å². The Morgan fingerprint density at radius 3 is 2.90 bits per heavy atom. The fourth-order valence-corrected chi connectivity index (χ4v) is 3.11. The number of hydrogen-bond donors (Lipinski definition) is 1. The number of rotatable bonds is 8. The first-order valence-corrected chi connectivity index (χ1v) is 8.14. The van der Waals surface area contributed by atoms with Crippen LogP contribution in [0.1, 0.15) is 19.2 Å². The molecule has 0 spiro atoms. The summed E-state index contributed by atoms with van der Waals surface area (Å²) in [5.41, 5.74) is 0. The molecule has 1 heterocycles. The molecule has 2 aromatic rings. The Morgan fingerprint density at radius 1 is 1.38 bits per heavy atom. The second-order valence-electron chi connectivity index (χ2n) is 4.83. The minimum atomic E-state index is -0.161. The molecule has 0 radical (unpaired) electrons. The van der Waals surface area contributed by atoms with Crippen LogP contribution >= 0.6 is 11.8 Å². The summed E-state index contributed by atoms with van der Waals surface area (Å²) in [7, 11) is 1.92. The molecule has 6 heteroatoms. The van der Waals surface area contributed by atoms with E-state index in [1.54, 1.807) is 12.4 Å². The summed E-state index contributed by atoms with van der Waals surface area (Å²) in [5, 5.41) is 7.51. The zero-order chi connectivity index (χ0) is 15.1. The summed E-state index contributed by atoms with van der Waals surface area (Å²) in [6.07, 6.45) is 3.42. The molecular formula is C15H21FN4S. The monoisotopic (exact) mass is 308 g/mol. The maximum Gasteiger partial charge on any atom is 0.138 e. The van der Waals surface area contributed by atoms with Gasteiger partial charge in [0, 0.05) is 29.7 Å². The van der Waals surface area contributed by atoms with Crippen molar-refractivity contribution in [3.8, 4) is 0 Å². The Hall–Kier alpha value is -1.40. The Balaban J connectivity index is 1.94. The SMILES string of the molecule is CCCn1ncnc1CC(CSc1ccccc1F)NC. The first kappa shape index (κ1) is 16.0. The van der Waals surface area contributed by atoms with E-state index in [-0.39, 0.29) is 11.9 Å². The van der Waals surface area contributed by atoms with Gasteiger partial charge in [-0.25, -0.2) is 9.37 Å². The van der Waals surface area contributed by atoms with Gasteiger partial charge in [-0.2, -0.15) is 5.10 Å². The summed E-state index contributed by atoms with van der Waals surface area (Å²) >= 11 is 1.53. The number of likely N-dealkylation sites (N-methyl/N-ethyl adjacent to an activating group) is 1. The van der Waals surface area contributed by atoms with Crippen LogP contribution < -0.4 is 5.32 Å². The smallest absolute Gasteiger partial charge is 0.138 e. The molecule has 0 saturated carbocycles. The highest BCUT2D eigenvalue weighted by Crippen LogP contribution is 2.22. The predicted molar refractivity (Wildman–Crippen MR) is 84.0 cm³/mol. The molecular weight excluding hydrogens is 287 g/mol. The molecule has 0 bridgehead atoms. The molecule has 0 aliphatic carbocycles. The number of hydrogen-bond acceptors (Lipinski definition) is 4. The minimum Gasteiger partial charge on any atom is -0.316 e. The van der Waals surface area contributed by atoms with Gasteiger partial charge in [0.15, 0.2) is 0 Å². The maximum absolute atomic E-state index is 13.6. The number of thioether (sulfide) groups is 1. The van der Waals surface area contributed by atoms with Crippen molar-refractivity contribution in [3.63, 3.8) is 0 Å². The third-order valence-electron chi connectivity index (χ3n) is 3.25. The molecule has 114 valence electrons. The molecule has 1 unspecified atom stereocenters. The summed E-state index contributed by atoms with van der Waals surface area (Å²) in [6.45, 7) is 3.00. The van der Waals surface area contributed by atoms with Gasteiger partial charge in [0.05, 0.1) is 0 Å². The second kappa shape index (κ2) is 8.14. The van der Waals surface area contributed by atoms with Crippen molar-refractivity contribution >= 4 is 11.8 Å².